The van der Waals surface area contributed by atoms with Crippen molar-refractivity contribution in [1.29, 1.82) is 0 Å². The Morgan fingerprint density at radius 2 is 1.91 bits per heavy atom. The van der Waals surface area contributed by atoms with Crippen LogP contribution in [0.5, 0.6) is 5.75 Å². The van der Waals surface area contributed by atoms with Crippen LogP contribution in [-0.4, -0.2) is 12.9 Å². The first kappa shape index (κ1) is 15.2. The summed E-state index contributed by atoms with van der Waals surface area (Å²) in [5, 5.41) is 0.802. The van der Waals surface area contributed by atoms with Crippen molar-refractivity contribution in [2.24, 2.45) is 0 Å². The summed E-state index contributed by atoms with van der Waals surface area (Å²) >= 11 is 5.20. The zero-order valence-electron chi connectivity index (χ0n) is 12.5. The molecule has 1 aromatic heterocycles. The summed E-state index contributed by atoms with van der Waals surface area (Å²) < 4.78 is 10.9. The van der Waals surface area contributed by atoms with Gasteiger partial charge in [-0.25, -0.2) is 0 Å². The number of ketones is 1. The largest absolute Gasteiger partial charge is 0.497 e. The van der Waals surface area contributed by atoms with E-state index in [9.17, 15) is 4.79 Å². The third-order valence-electron chi connectivity index (χ3n) is 3.44. The van der Waals surface area contributed by atoms with Gasteiger partial charge < -0.3 is 9.15 Å². The van der Waals surface area contributed by atoms with Crippen LogP contribution < -0.4 is 4.74 Å². The molecule has 0 radical (unpaired) electrons. The summed E-state index contributed by atoms with van der Waals surface area (Å²) in [6.45, 7) is 0. The standard InChI is InChI=1S/C19H14O3S/c1-21-15-9-8-14-11-16(19(23)22-18(14)12-15)17(20)10-7-13-5-3-2-4-6-13/h2-12H,1H3. The van der Waals surface area contributed by atoms with Gasteiger partial charge in [0.2, 0.25) is 4.71 Å². The second-order valence-electron chi connectivity index (χ2n) is 4.96. The van der Waals surface area contributed by atoms with E-state index >= 15 is 0 Å². The molecule has 3 rings (SSSR count). The van der Waals surface area contributed by atoms with E-state index in [1.165, 1.54) is 6.08 Å². The Morgan fingerprint density at radius 3 is 2.65 bits per heavy atom. The topological polar surface area (TPSA) is 39.4 Å². The SMILES string of the molecule is COc1ccc2cc(C(=O)C=Cc3ccccc3)c(=S)oc2c1. The van der Waals surface area contributed by atoms with Gasteiger partial charge in [-0.05, 0) is 42.1 Å². The molecule has 0 amide bonds. The molecular formula is C19H14O3S. The highest BCUT2D eigenvalue weighted by Crippen LogP contribution is 2.23. The number of carbonyl (C=O) groups is 1. The summed E-state index contributed by atoms with van der Waals surface area (Å²) in [5.41, 5.74) is 1.93. The first-order valence-electron chi connectivity index (χ1n) is 7.07. The minimum atomic E-state index is -0.180. The van der Waals surface area contributed by atoms with Crippen LogP contribution in [0, 0.1) is 4.71 Å². The summed E-state index contributed by atoms with van der Waals surface area (Å²) in [7, 11) is 1.59. The summed E-state index contributed by atoms with van der Waals surface area (Å²) in [6, 6.07) is 16.8. The predicted octanol–water partition coefficient (Wildman–Crippen LogP) is 5.07. The maximum Gasteiger partial charge on any atom is 0.202 e. The van der Waals surface area contributed by atoms with Crippen LogP contribution in [0.2, 0.25) is 0 Å². The maximum atomic E-state index is 12.4. The zero-order chi connectivity index (χ0) is 16.2. The number of ether oxygens (including phenoxy) is 1. The Hall–Kier alpha value is -2.72. The van der Waals surface area contributed by atoms with E-state index in [0.29, 0.717) is 16.9 Å². The van der Waals surface area contributed by atoms with Crippen LogP contribution in [0.15, 0.2) is 65.1 Å². The fourth-order valence-electron chi connectivity index (χ4n) is 2.22. The van der Waals surface area contributed by atoms with Crippen molar-refractivity contribution in [2.45, 2.75) is 0 Å². The molecule has 2 aromatic carbocycles. The lowest BCUT2D eigenvalue weighted by Crippen LogP contribution is -1.96. The van der Waals surface area contributed by atoms with Gasteiger partial charge in [0, 0.05) is 11.5 Å². The van der Waals surface area contributed by atoms with Crippen molar-refractivity contribution in [2.75, 3.05) is 7.11 Å². The van der Waals surface area contributed by atoms with E-state index < -0.39 is 0 Å². The fourth-order valence-corrected chi connectivity index (χ4v) is 2.47. The highest BCUT2D eigenvalue weighted by molar-refractivity contribution is 7.71. The van der Waals surface area contributed by atoms with Gasteiger partial charge in [0.1, 0.15) is 11.3 Å². The van der Waals surface area contributed by atoms with E-state index in [0.717, 1.165) is 10.9 Å². The highest BCUT2D eigenvalue weighted by atomic mass is 32.1. The molecule has 1 heterocycles. The van der Waals surface area contributed by atoms with E-state index in [1.807, 2.05) is 42.5 Å². The number of carbonyl (C=O) groups excluding carboxylic acids is 1. The van der Waals surface area contributed by atoms with Gasteiger partial charge in [-0.15, -0.1) is 0 Å². The molecule has 114 valence electrons. The van der Waals surface area contributed by atoms with Gasteiger partial charge in [0.05, 0.1) is 12.7 Å². The molecule has 3 nitrogen and oxygen atoms in total. The van der Waals surface area contributed by atoms with Crippen molar-refractivity contribution < 1.29 is 13.9 Å². The van der Waals surface area contributed by atoms with Crippen molar-refractivity contribution in [3.8, 4) is 5.75 Å². The Bertz CT molecular complexity index is 940. The molecule has 0 saturated carbocycles. The number of hydrogen-bond donors (Lipinski definition) is 0. The molecule has 3 aromatic rings. The number of fused-ring (bicyclic) bond motifs is 1. The third-order valence-corrected chi connectivity index (χ3v) is 3.74. The minimum absolute atomic E-state index is 0.175. The average molecular weight is 322 g/mol. The number of methoxy groups -OCH3 is 1. The predicted molar refractivity (Wildman–Crippen MR) is 93.4 cm³/mol. The van der Waals surface area contributed by atoms with Crippen LogP contribution in [0.25, 0.3) is 17.0 Å². The van der Waals surface area contributed by atoms with Gasteiger partial charge in [-0.2, -0.15) is 0 Å². The smallest absolute Gasteiger partial charge is 0.202 e. The lowest BCUT2D eigenvalue weighted by molar-refractivity contribution is 0.104. The molecule has 0 atom stereocenters. The lowest BCUT2D eigenvalue weighted by Gasteiger charge is -2.03. The Kier molecular flexibility index (Phi) is 4.35. The molecule has 0 unspecified atom stereocenters. The molecule has 23 heavy (non-hydrogen) atoms. The Morgan fingerprint density at radius 1 is 1.13 bits per heavy atom. The molecule has 0 saturated heterocycles. The molecule has 0 fully saturated rings. The van der Waals surface area contributed by atoms with E-state index in [1.54, 1.807) is 25.3 Å². The number of allylic oxidation sites excluding steroid dienone is 1. The maximum absolute atomic E-state index is 12.4. The Labute approximate surface area is 138 Å². The van der Waals surface area contributed by atoms with Gasteiger partial charge in [-0.3, -0.25) is 4.79 Å². The highest BCUT2D eigenvalue weighted by Gasteiger charge is 2.09. The summed E-state index contributed by atoms with van der Waals surface area (Å²) in [5.74, 6) is 0.499. The van der Waals surface area contributed by atoms with Gasteiger partial charge in [0.25, 0.3) is 0 Å². The first-order chi connectivity index (χ1) is 11.2. The second-order valence-corrected chi connectivity index (χ2v) is 5.33. The number of rotatable bonds is 4. The fraction of sp³-hybridized carbons (Fsp3) is 0.0526. The Balaban J connectivity index is 1.96. The van der Waals surface area contributed by atoms with Crippen LogP contribution in [0.3, 0.4) is 0 Å². The van der Waals surface area contributed by atoms with E-state index in [-0.39, 0.29) is 10.5 Å². The van der Waals surface area contributed by atoms with Crippen LogP contribution in [0.1, 0.15) is 15.9 Å². The molecule has 0 aliphatic rings. The van der Waals surface area contributed by atoms with Gasteiger partial charge in [-0.1, -0.05) is 36.4 Å². The average Bonchev–Trinajstić information content (AvgIpc) is 2.59. The monoisotopic (exact) mass is 322 g/mol. The van der Waals surface area contributed by atoms with Crippen molar-refractivity contribution in [3.05, 3.63) is 76.5 Å². The number of hydrogen-bond acceptors (Lipinski definition) is 4. The summed E-state index contributed by atoms with van der Waals surface area (Å²) in [6.07, 6.45) is 3.26. The van der Waals surface area contributed by atoms with E-state index in [2.05, 4.69) is 0 Å². The van der Waals surface area contributed by atoms with Crippen LogP contribution in [0.4, 0.5) is 0 Å². The zero-order valence-corrected chi connectivity index (χ0v) is 13.3. The molecule has 0 spiro atoms. The molecule has 0 aliphatic carbocycles. The summed E-state index contributed by atoms with van der Waals surface area (Å²) in [4.78, 5) is 12.4. The van der Waals surface area contributed by atoms with Crippen molar-refractivity contribution in [1.82, 2.24) is 0 Å². The van der Waals surface area contributed by atoms with Crippen LogP contribution in [-0.2, 0) is 0 Å². The van der Waals surface area contributed by atoms with Crippen LogP contribution >= 0.6 is 12.2 Å². The van der Waals surface area contributed by atoms with E-state index in [4.69, 9.17) is 21.4 Å². The normalized spacial score (nSPS) is 11.0. The van der Waals surface area contributed by atoms with Crippen molar-refractivity contribution in [3.63, 3.8) is 0 Å². The second kappa shape index (κ2) is 6.58. The quantitative estimate of drug-likeness (QED) is 0.382. The molecule has 4 heteroatoms. The molecule has 0 N–H and O–H groups in total. The molecular weight excluding hydrogens is 308 g/mol. The molecule has 0 aliphatic heterocycles. The minimum Gasteiger partial charge on any atom is -0.497 e. The first-order valence-corrected chi connectivity index (χ1v) is 7.47. The van der Waals surface area contributed by atoms with Gasteiger partial charge in [0.15, 0.2) is 5.78 Å². The molecule has 0 bridgehead atoms. The number of benzene rings is 2. The van der Waals surface area contributed by atoms with Crippen molar-refractivity contribution >= 4 is 35.0 Å². The third kappa shape index (κ3) is 3.38. The lowest BCUT2D eigenvalue weighted by atomic mass is 10.1. The van der Waals surface area contributed by atoms with Gasteiger partial charge >= 0.3 is 0 Å².